The molecule has 1 amide bonds. The number of nitrogens with one attached hydrogen (secondary N) is 1. The lowest BCUT2D eigenvalue weighted by Gasteiger charge is -2.22. The monoisotopic (exact) mass is 351 g/mol. The Kier molecular flexibility index (Phi) is 7.21. The van der Waals surface area contributed by atoms with Gasteiger partial charge in [-0.3, -0.25) is 4.79 Å². The number of anilines is 1. The standard InChI is InChI=1S/C19H29NO3S/c1-8-12(3)16(21)20-17-14(18(22)23-9-2)10-15(24-17)13(4)11-19(5,6)7/h8,10,13H,9,11H2,1-7H3,(H,20,21)/b12-8+. The van der Waals surface area contributed by atoms with Gasteiger partial charge in [-0.1, -0.05) is 33.8 Å². The highest BCUT2D eigenvalue weighted by molar-refractivity contribution is 7.16. The normalized spacial score (nSPS) is 13.5. The fourth-order valence-electron chi connectivity index (χ4n) is 2.46. The average molecular weight is 352 g/mol. The van der Waals surface area contributed by atoms with E-state index < -0.39 is 5.97 Å². The maximum absolute atomic E-state index is 12.2. The van der Waals surface area contributed by atoms with Gasteiger partial charge in [0.1, 0.15) is 5.00 Å². The Morgan fingerprint density at radius 3 is 2.50 bits per heavy atom. The Bertz CT molecular complexity index is 623. The second kappa shape index (κ2) is 8.47. The van der Waals surface area contributed by atoms with Crippen LogP contribution in [-0.2, 0) is 9.53 Å². The molecular weight excluding hydrogens is 322 g/mol. The lowest BCUT2D eigenvalue weighted by atomic mass is 9.85. The van der Waals surface area contributed by atoms with Gasteiger partial charge in [0.2, 0.25) is 0 Å². The molecule has 4 nitrogen and oxygen atoms in total. The summed E-state index contributed by atoms with van der Waals surface area (Å²) in [5.41, 5.74) is 1.25. The van der Waals surface area contributed by atoms with Crippen molar-refractivity contribution < 1.29 is 14.3 Å². The Balaban J connectivity index is 3.15. The molecule has 0 radical (unpaired) electrons. The molecule has 1 unspecified atom stereocenters. The molecule has 0 aliphatic heterocycles. The van der Waals surface area contributed by atoms with Crippen LogP contribution in [-0.4, -0.2) is 18.5 Å². The zero-order valence-corrected chi connectivity index (χ0v) is 16.6. The van der Waals surface area contributed by atoms with Crippen molar-refractivity contribution in [1.82, 2.24) is 0 Å². The number of esters is 1. The quantitative estimate of drug-likeness (QED) is 0.554. The number of amides is 1. The van der Waals surface area contributed by atoms with Gasteiger partial charge in [0.05, 0.1) is 12.2 Å². The lowest BCUT2D eigenvalue weighted by molar-refractivity contribution is -0.112. The minimum atomic E-state index is -0.392. The van der Waals surface area contributed by atoms with E-state index in [1.807, 2.05) is 13.0 Å². The minimum Gasteiger partial charge on any atom is -0.462 e. The first-order valence-corrected chi connectivity index (χ1v) is 9.15. The van der Waals surface area contributed by atoms with Crippen LogP contribution in [0.3, 0.4) is 0 Å². The topological polar surface area (TPSA) is 55.4 Å². The molecule has 0 bridgehead atoms. The van der Waals surface area contributed by atoms with E-state index in [4.69, 9.17) is 4.74 Å². The fourth-order valence-corrected chi connectivity index (χ4v) is 3.55. The molecule has 1 aromatic rings. The Morgan fingerprint density at radius 2 is 2.00 bits per heavy atom. The van der Waals surface area contributed by atoms with Crippen LogP contribution in [0.1, 0.15) is 76.0 Å². The van der Waals surface area contributed by atoms with Crippen molar-refractivity contribution in [1.29, 1.82) is 0 Å². The van der Waals surface area contributed by atoms with E-state index >= 15 is 0 Å². The van der Waals surface area contributed by atoms with E-state index in [-0.39, 0.29) is 11.3 Å². The first-order valence-electron chi connectivity index (χ1n) is 8.34. The van der Waals surface area contributed by atoms with Crippen LogP contribution in [0.4, 0.5) is 5.00 Å². The zero-order chi connectivity index (χ0) is 18.5. The number of hydrogen-bond acceptors (Lipinski definition) is 4. The molecule has 134 valence electrons. The van der Waals surface area contributed by atoms with Gasteiger partial charge in [-0.15, -0.1) is 11.3 Å². The third kappa shape index (κ3) is 5.78. The number of thiophene rings is 1. The zero-order valence-electron chi connectivity index (χ0n) is 15.8. The number of carbonyl (C=O) groups excluding carboxylic acids is 2. The van der Waals surface area contributed by atoms with Crippen molar-refractivity contribution in [3.8, 4) is 0 Å². The summed E-state index contributed by atoms with van der Waals surface area (Å²) in [4.78, 5) is 25.5. The number of hydrogen-bond donors (Lipinski definition) is 1. The molecule has 0 aliphatic carbocycles. The molecular formula is C19H29NO3S. The molecule has 1 rings (SSSR count). The average Bonchev–Trinajstić information content (AvgIpc) is 2.89. The summed E-state index contributed by atoms with van der Waals surface area (Å²) in [7, 11) is 0. The molecule has 0 saturated carbocycles. The molecule has 1 atom stereocenters. The summed E-state index contributed by atoms with van der Waals surface area (Å²) < 4.78 is 5.13. The summed E-state index contributed by atoms with van der Waals surface area (Å²) in [6.07, 6.45) is 2.74. The molecule has 5 heteroatoms. The van der Waals surface area contributed by atoms with Gasteiger partial charge >= 0.3 is 5.97 Å². The molecule has 1 heterocycles. The Labute approximate surface area is 149 Å². The number of allylic oxidation sites excluding steroid dienone is 1. The molecule has 0 aromatic carbocycles. The minimum absolute atomic E-state index is 0.193. The molecule has 0 spiro atoms. The van der Waals surface area contributed by atoms with Gasteiger partial charge in [0.25, 0.3) is 5.91 Å². The van der Waals surface area contributed by atoms with E-state index in [2.05, 4.69) is 33.0 Å². The highest BCUT2D eigenvalue weighted by atomic mass is 32.1. The summed E-state index contributed by atoms with van der Waals surface area (Å²) >= 11 is 1.46. The molecule has 0 aliphatic rings. The largest absolute Gasteiger partial charge is 0.462 e. The fraction of sp³-hybridized carbons (Fsp3) is 0.579. The molecule has 1 N–H and O–H groups in total. The van der Waals surface area contributed by atoms with Crippen LogP contribution in [0.5, 0.6) is 0 Å². The SMILES string of the molecule is C/C=C(\C)C(=O)Nc1sc(C(C)CC(C)(C)C)cc1C(=O)OCC. The maximum atomic E-state index is 12.2. The molecule has 0 saturated heterocycles. The van der Waals surface area contributed by atoms with Crippen molar-refractivity contribution in [3.63, 3.8) is 0 Å². The highest BCUT2D eigenvalue weighted by Crippen LogP contribution is 2.38. The van der Waals surface area contributed by atoms with E-state index in [0.29, 0.717) is 28.7 Å². The summed E-state index contributed by atoms with van der Waals surface area (Å²) in [5, 5.41) is 3.41. The van der Waals surface area contributed by atoms with E-state index in [9.17, 15) is 9.59 Å². The second-order valence-corrected chi connectivity index (χ2v) is 8.29. The predicted molar refractivity (Wildman–Crippen MR) is 101 cm³/mol. The highest BCUT2D eigenvalue weighted by Gasteiger charge is 2.24. The maximum Gasteiger partial charge on any atom is 0.341 e. The van der Waals surface area contributed by atoms with Crippen molar-refractivity contribution in [2.75, 3.05) is 11.9 Å². The second-order valence-electron chi connectivity index (χ2n) is 7.20. The van der Waals surface area contributed by atoms with Crippen LogP contribution >= 0.6 is 11.3 Å². The van der Waals surface area contributed by atoms with Crippen LogP contribution in [0.2, 0.25) is 0 Å². The van der Waals surface area contributed by atoms with Gasteiger partial charge < -0.3 is 10.1 Å². The smallest absolute Gasteiger partial charge is 0.341 e. The van der Waals surface area contributed by atoms with Gasteiger partial charge in [-0.2, -0.15) is 0 Å². The van der Waals surface area contributed by atoms with Crippen LogP contribution in [0.15, 0.2) is 17.7 Å². The van der Waals surface area contributed by atoms with Crippen molar-refractivity contribution in [2.45, 2.75) is 60.8 Å². The summed E-state index contributed by atoms with van der Waals surface area (Å²) in [6.45, 7) is 14.4. The first kappa shape index (κ1) is 20.4. The van der Waals surface area contributed by atoms with Gasteiger partial charge in [0, 0.05) is 10.5 Å². The molecule has 1 aromatic heterocycles. The summed E-state index contributed by atoms with van der Waals surface area (Å²) in [5.74, 6) is -0.284. The van der Waals surface area contributed by atoms with Crippen molar-refractivity contribution >= 4 is 28.2 Å². The van der Waals surface area contributed by atoms with E-state index in [1.165, 1.54) is 11.3 Å². The predicted octanol–water partition coefficient (Wildman–Crippen LogP) is 5.37. The third-order valence-electron chi connectivity index (χ3n) is 3.67. The number of rotatable bonds is 6. The van der Waals surface area contributed by atoms with Crippen LogP contribution in [0, 0.1) is 5.41 Å². The van der Waals surface area contributed by atoms with Gasteiger partial charge in [-0.25, -0.2) is 4.79 Å². The van der Waals surface area contributed by atoms with Gasteiger partial charge in [-0.05, 0) is 44.6 Å². The van der Waals surface area contributed by atoms with Crippen molar-refractivity contribution in [2.24, 2.45) is 5.41 Å². The molecule has 24 heavy (non-hydrogen) atoms. The van der Waals surface area contributed by atoms with Crippen LogP contribution < -0.4 is 5.32 Å². The summed E-state index contributed by atoms with van der Waals surface area (Å²) in [6, 6.07) is 1.86. The first-order chi connectivity index (χ1) is 11.1. The number of carbonyl (C=O) groups is 2. The van der Waals surface area contributed by atoms with Crippen LogP contribution in [0.25, 0.3) is 0 Å². The van der Waals surface area contributed by atoms with Gasteiger partial charge in [0.15, 0.2) is 0 Å². The lowest BCUT2D eigenvalue weighted by Crippen LogP contribution is -2.14. The third-order valence-corrected chi connectivity index (χ3v) is 4.95. The van der Waals surface area contributed by atoms with E-state index in [1.54, 1.807) is 19.9 Å². The Morgan fingerprint density at radius 1 is 1.38 bits per heavy atom. The van der Waals surface area contributed by atoms with E-state index in [0.717, 1.165) is 11.3 Å². The van der Waals surface area contributed by atoms with Crippen molar-refractivity contribution in [3.05, 3.63) is 28.2 Å². The molecule has 0 fully saturated rings. The number of ether oxygens (including phenoxy) is 1. The Hall–Kier alpha value is -1.62.